The molecule has 0 radical (unpaired) electrons. The number of hydrogen-bond donors (Lipinski definition) is 1. The molecule has 0 spiro atoms. The third-order valence-corrected chi connectivity index (χ3v) is 3.53. The van der Waals surface area contributed by atoms with Gasteiger partial charge in [-0.25, -0.2) is 4.99 Å². The van der Waals surface area contributed by atoms with Crippen LogP contribution < -0.4 is 5.32 Å². The van der Waals surface area contributed by atoms with E-state index >= 15 is 0 Å². The Balaban J connectivity index is 2.18. The zero-order valence-corrected chi connectivity index (χ0v) is 12.7. The Hall–Kier alpha value is -2.46. The first-order valence-corrected chi connectivity index (χ1v) is 7.35. The van der Waals surface area contributed by atoms with Gasteiger partial charge in [-0.1, -0.05) is 42.0 Å². The fourth-order valence-electron chi connectivity index (χ4n) is 2.50. The van der Waals surface area contributed by atoms with Gasteiger partial charge in [0.25, 0.3) is 5.91 Å². The number of benzodiazepines with no additional fused rings is 1. The predicted molar refractivity (Wildman–Crippen MR) is 87.3 cm³/mol. The van der Waals surface area contributed by atoms with Crippen LogP contribution in [0.3, 0.4) is 0 Å². The number of rotatable bonds is 3. The minimum Gasteiger partial charge on any atom is -0.348 e. The second kappa shape index (κ2) is 6.12. The molecule has 0 aliphatic carbocycles. The van der Waals surface area contributed by atoms with Gasteiger partial charge in [0.05, 0.1) is 11.4 Å². The molecule has 22 heavy (non-hydrogen) atoms. The molecule has 0 saturated carbocycles. The van der Waals surface area contributed by atoms with Gasteiger partial charge in [0, 0.05) is 17.7 Å². The Bertz CT molecular complexity index is 723. The summed E-state index contributed by atoms with van der Waals surface area (Å²) in [6.45, 7) is 4.31. The van der Waals surface area contributed by atoms with Gasteiger partial charge in [-0.2, -0.15) is 0 Å². The van der Waals surface area contributed by atoms with Crippen LogP contribution in [0.15, 0.2) is 53.5 Å². The van der Waals surface area contributed by atoms with Gasteiger partial charge in [-0.05, 0) is 26.0 Å². The van der Waals surface area contributed by atoms with E-state index in [2.05, 4.69) is 10.3 Å². The summed E-state index contributed by atoms with van der Waals surface area (Å²) in [5.74, 6) is -0.238. The van der Waals surface area contributed by atoms with E-state index in [0.717, 1.165) is 28.1 Å². The maximum atomic E-state index is 12.3. The van der Waals surface area contributed by atoms with Crippen molar-refractivity contribution < 1.29 is 9.53 Å². The van der Waals surface area contributed by atoms with Crippen molar-refractivity contribution in [3.63, 3.8) is 0 Å². The van der Waals surface area contributed by atoms with E-state index in [9.17, 15) is 4.79 Å². The Morgan fingerprint density at radius 3 is 2.68 bits per heavy atom. The molecule has 4 nitrogen and oxygen atoms in total. The first-order valence-electron chi connectivity index (χ1n) is 7.35. The third kappa shape index (κ3) is 2.78. The van der Waals surface area contributed by atoms with E-state index in [-0.39, 0.29) is 5.91 Å². The predicted octanol–water partition coefficient (Wildman–Crippen LogP) is 3.15. The number of hydrogen-bond acceptors (Lipinski definition) is 3. The van der Waals surface area contributed by atoms with Crippen molar-refractivity contribution >= 4 is 17.3 Å². The average Bonchev–Trinajstić information content (AvgIpc) is 2.66. The van der Waals surface area contributed by atoms with Gasteiger partial charge in [0.15, 0.2) is 0 Å². The lowest BCUT2D eigenvalue weighted by Crippen LogP contribution is -2.28. The molecule has 0 aromatic heterocycles. The number of ether oxygens (including phenoxy) is 1. The molecule has 1 atom stereocenters. The summed E-state index contributed by atoms with van der Waals surface area (Å²) in [6, 6.07) is 15.8. The Labute approximate surface area is 129 Å². The second-order valence-electron chi connectivity index (χ2n) is 5.19. The second-order valence-corrected chi connectivity index (χ2v) is 5.19. The molecule has 2 aromatic rings. The summed E-state index contributed by atoms with van der Waals surface area (Å²) in [7, 11) is 0. The first kappa shape index (κ1) is 14.5. The van der Waals surface area contributed by atoms with Gasteiger partial charge in [0.1, 0.15) is 0 Å². The summed E-state index contributed by atoms with van der Waals surface area (Å²) in [5, 5.41) is 2.91. The van der Waals surface area contributed by atoms with Gasteiger partial charge < -0.3 is 10.1 Å². The average molecular weight is 294 g/mol. The zero-order chi connectivity index (χ0) is 15.5. The Morgan fingerprint density at radius 1 is 1.18 bits per heavy atom. The molecular formula is C18H18N2O2. The standard InChI is InChI=1S/C18H18N2O2/c1-3-22-18-17(21)19-15-10-9-12(2)11-14(15)16(20-18)13-7-5-4-6-8-13/h4-11,18H,3H2,1-2H3,(H,19,21)/t18-/m1/s1. The number of benzene rings is 2. The fraction of sp³-hybridized carbons (Fsp3) is 0.222. The van der Waals surface area contributed by atoms with E-state index in [4.69, 9.17) is 4.74 Å². The molecule has 0 bridgehead atoms. The summed E-state index contributed by atoms with van der Waals surface area (Å²) in [4.78, 5) is 16.9. The topological polar surface area (TPSA) is 50.7 Å². The van der Waals surface area contributed by atoms with E-state index in [1.165, 1.54) is 0 Å². The van der Waals surface area contributed by atoms with Crippen LogP contribution in [0.1, 0.15) is 23.6 Å². The van der Waals surface area contributed by atoms with Gasteiger partial charge >= 0.3 is 0 Å². The summed E-state index contributed by atoms with van der Waals surface area (Å²) < 4.78 is 5.49. The number of carbonyl (C=O) groups excluding carboxylic acids is 1. The van der Waals surface area contributed by atoms with Crippen molar-refractivity contribution in [2.45, 2.75) is 20.1 Å². The number of carbonyl (C=O) groups is 1. The van der Waals surface area contributed by atoms with Crippen molar-refractivity contribution in [3.05, 3.63) is 65.2 Å². The van der Waals surface area contributed by atoms with Crippen LogP contribution in [-0.2, 0) is 9.53 Å². The molecule has 3 rings (SSSR count). The van der Waals surface area contributed by atoms with Crippen molar-refractivity contribution in [1.29, 1.82) is 0 Å². The van der Waals surface area contributed by atoms with Crippen LogP contribution in [0.4, 0.5) is 5.69 Å². The fourth-order valence-corrected chi connectivity index (χ4v) is 2.50. The molecular weight excluding hydrogens is 276 g/mol. The lowest BCUT2D eigenvalue weighted by Gasteiger charge is -2.10. The normalized spacial score (nSPS) is 17.3. The quantitative estimate of drug-likeness (QED) is 0.945. The van der Waals surface area contributed by atoms with E-state index < -0.39 is 6.23 Å². The Morgan fingerprint density at radius 2 is 1.95 bits per heavy atom. The molecule has 0 saturated heterocycles. The van der Waals surface area contributed by atoms with Crippen molar-refractivity contribution in [2.24, 2.45) is 4.99 Å². The minimum absolute atomic E-state index is 0.238. The Kier molecular flexibility index (Phi) is 4.02. The summed E-state index contributed by atoms with van der Waals surface area (Å²) >= 11 is 0. The van der Waals surface area contributed by atoms with Crippen LogP contribution in [0.2, 0.25) is 0 Å². The highest BCUT2D eigenvalue weighted by Crippen LogP contribution is 2.25. The highest BCUT2D eigenvalue weighted by Gasteiger charge is 2.25. The molecule has 1 N–H and O–H groups in total. The van der Waals surface area contributed by atoms with Crippen LogP contribution in [0.25, 0.3) is 0 Å². The van der Waals surface area contributed by atoms with E-state index in [1.807, 2.05) is 62.4 Å². The van der Waals surface area contributed by atoms with Gasteiger partial charge in [-0.3, -0.25) is 4.79 Å². The largest absolute Gasteiger partial charge is 0.348 e. The van der Waals surface area contributed by atoms with Crippen LogP contribution >= 0.6 is 0 Å². The lowest BCUT2D eigenvalue weighted by molar-refractivity contribution is -0.126. The van der Waals surface area contributed by atoms with Crippen LogP contribution in [0, 0.1) is 6.92 Å². The third-order valence-electron chi connectivity index (χ3n) is 3.53. The number of nitrogens with one attached hydrogen (secondary N) is 1. The van der Waals surface area contributed by atoms with Crippen LogP contribution in [-0.4, -0.2) is 24.5 Å². The molecule has 2 aromatic carbocycles. The highest BCUT2D eigenvalue weighted by atomic mass is 16.5. The SMILES string of the molecule is CCO[C@H]1N=C(c2ccccc2)c2cc(C)ccc2NC1=O. The molecule has 0 unspecified atom stereocenters. The molecule has 1 heterocycles. The van der Waals surface area contributed by atoms with Crippen molar-refractivity contribution in [3.8, 4) is 0 Å². The van der Waals surface area contributed by atoms with E-state index in [0.29, 0.717) is 6.61 Å². The lowest BCUT2D eigenvalue weighted by atomic mass is 9.99. The molecule has 0 fully saturated rings. The number of aliphatic imine (C=N–C) groups is 1. The van der Waals surface area contributed by atoms with E-state index in [1.54, 1.807) is 0 Å². The van der Waals surface area contributed by atoms with Crippen molar-refractivity contribution in [2.75, 3.05) is 11.9 Å². The minimum atomic E-state index is -0.826. The number of amides is 1. The summed E-state index contributed by atoms with van der Waals surface area (Å²) in [6.07, 6.45) is -0.826. The first-order chi connectivity index (χ1) is 10.7. The zero-order valence-electron chi connectivity index (χ0n) is 12.7. The molecule has 1 aliphatic heterocycles. The molecule has 1 amide bonds. The number of fused-ring (bicyclic) bond motifs is 1. The highest BCUT2D eigenvalue weighted by molar-refractivity contribution is 6.19. The molecule has 112 valence electrons. The maximum absolute atomic E-state index is 12.3. The smallest absolute Gasteiger partial charge is 0.276 e. The van der Waals surface area contributed by atoms with Gasteiger partial charge in [0.2, 0.25) is 6.23 Å². The van der Waals surface area contributed by atoms with Crippen LogP contribution in [0.5, 0.6) is 0 Å². The molecule has 1 aliphatic rings. The maximum Gasteiger partial charge on any atom is 0.276 e. The monoisotopic (exact) mass is 294 g/mol. The molecule has 4 heteroatoms. The summed E-state index contributed by atoms with van der Waals surface area (Å²) in [5.41, 5.74) is 4.54. The number of nitrogens with zero attached hydrogens (tertiary/aromatic N) is 1. The number of anilines is 1. The number of aryl methyl sites for hydroxylation is 1. The van der Waals surface area contributed by atoms with Crippen molar-refractivity contribution in [1.82, 2.24) is 0 Å². The van der Waals surface area contributed by atoms with Gasteiger partial charge in [-0.15, -0.1) is 0 Å².